The van der Waals surface area contributed by atoms with Crippen LogP contribution in [0, 0.1) is 11.6 Å². The molecule has 0 spiro atoms. The summed E-state index contributed by atoms with van der Waals surface area (Å²) in [6.07, 6.45) is 0. The maximum Gasteiger partial charge on any atom is 0.329 e. The Morgan fingerprint density at radius 3 is 2.61 bits per heavy atom. The minimum absolute atomic E-state index is 0.124. The maximum absolute atomic E-state index is 13.2. The molecule has 0 aliphatic heterocycles. The summed E-state index contributed by atoms with van der Waals surface area (Å²) in [5.74, 6) is -3.23. The molecule has 18 heavy (non-hydrogen) atoms. The fourth-order valence-electron chi connectivity index (χ4n) is 1.14. The minimum Gasteiger partial charge on any atom is -0.480 e. The molecule has 0 heterocycles. The molecule has 0 aliphatic carbocycles. The van der Waals surface area contributed by atoms with E-state index < -0.39 is 36.7 Å². The number of rotatable bonds is 6. The highest BCUT2D eigenvalue weighted by Gasteiger charge is 2.07. The van der Waals surface area contributed by atoms with Gasteiger partial charge in [-0.1, -0.05) is 6.07 Å². The van der Waals surface area contributed by atoms with Gasteiger partial charge in [0.05, 0.1) is 0 Å². The second kappa shape index (κ2) is 6.65. The van der Waals surface area contributed by atoms with Crippen molar-refractivity contribution in [3.8, 4) is 0 Å². The molecule has 0 atom stereocenters. The van der Waals surface area contributed by atoms with Crippen molar-refractivity contribution >= 4 is 11.9 Å². The number of carboxylic acids is 1. The molecule has 0 saturated heterocycles. The number of halogens is 2. The van der Waals surface area contributed by atoms with Gasteiger partial charge in [-0.05, 0) is 6.07 Å². The molecule has 0 aromatic heterocycles. The van der Waals surface area contributed by atoms with E-state index in [9.17, 15) is 18.4 Å². The average molecular weight is 259 g/mol. The van der Waals surface area contributed by atoms with Crippen LogP contribution in [0.5, 0.6) is 0 Å². The standard InChI is InChI=1S/C11H11F2NO4/c12-8-2-1-7(9(13)3-8)4-14-10(15)5-18-6-11(16)17/h1-3H,4-6H2,(H,14,15)(H,16,17). The van der Waals surface area contributed by atoms with Crippen LogP contribution in [-0.4, -0.2) is 30.2 Å². The zero-order valence-electron chi connectivity index (χ0n) is 9.28. The fourth-order valence-corrected chi connectivity index (χ4v) is 1.14. The normalized spacial score (nSPS) is 10.1. The second-order valence-electron chi connectivity index (χ2n) is 3.40. The third kappa shape index (κ3) is 4.88. The summed E-state index contributed by atoms with van der Waals surface area (Å²) in [6, 6.07) is 3.00. The van der Waals surface area contributed by atoms with Crippen molar-refractivity contribution in [2.75, 3.05) is 13.2 Å². The lowest BCUT2D eigenvalue weighted by molar-refractivity contribution is -0.143. The number of amides is 1. The SMILES string of the molecule is O=C(O)COCC(=O)NCc1ccc(F)cc1F. The van der Waals surface area contributed by atoms with Gasteiger partial charge in [-0.2, -0.15) is 0 Å². The highest BCUT2D eigenvalue weighted by molar-refractivity contribution is 5.77. The lowest BCUT2D eigenvalue weighted by Gasteiger charge is -2.06. The molecule has 0 aliphatic rings. The van der Waals surface area contributed by atoms with Gasteiger partial charge in [0.1, 0.15) is 24.8 Å². The number of carbonyl (C=O) groups excluding carboxylic acids is 1. The molecule has 1 aromatic carbocycles. The predicted octanol–water partition coefficient (Wildman–Crippen LogP) is 0.682. The number of hydrogen-bond acceptors (Lipinski definition) is 3. The van der Waals surface area contributed by atoms with Crippen LogP contribution < -0.4 is 5.32 Å². The Morgan fingerprint density at radius 2 is 2.00 bits per heavy atom. The maximum atomic E-state index is 13.2. The van der Waals surface area contributed by atoms with E-state index in [1.54, 1.807) is 0 Å². The van der Waals surface area contributed by atoms with Gasteiger partial charge < -0.3 is 15.2 Å². The molecular weight excluding hydrogens is 248 g/mol. The predicted molar refractivity (Wildman–Crippen MR) is 56.7 cm³/mol. The fraction of sp³-hybridized carbons (Fsp3) is 0.273. The van der Waals surface area contributed by atoms with E-state index in [-0.39, 0.29) is 12.1 Å². The highest BCUT2D eigenvalue weighted by atomic mass is 19.1. The van der Waals surface area contributed by atoms with Gasteiger partial charge in [0, 0.05) is 18.2 Å². The van der Waals surface area contributed by atoms with Crippen LogP contribution in [0.4, 0.5) is 8.78 Å². The average Bonchev–Trinajstić information content (AvgIpc) is 2.27. The Labute approximate surface area is 101 Å². The van der Waals surface area contributed by atoms with E-state index in [0.717, 1.165) is 6.07 Å². The molecule has 98 valence electrons. The number of aliphatic carboxylic acids is 1. The molecule has 5 nitrogen and oxygen atoms in total. The van der Waals surface area contributed by atoms with E-state index in [2.05, 4.69) is 10.1 Å². The first kappa shape index (κ1) is 14.0. The summed E-state index contributed by atoms with van der Waals surface area (Å²) in [7, 11) is 0. The number of nitrogens with one attached hydrogen (secondary N) is 1. The summed E-state index contributed by atoms with van der Waals surface area (Å²) < 4.78 is 30.3. The zero-order valence-corrected chi connectivity index (χ0v) is 9.28. The van der Waals surface area contributed by atoms with Crippen LogP contribution in [-0.2, 0) is 20.9 Å². The Kier molecular flexibility index (Phi) is 5.19. The van der Waals surface area contributed by atoms with Crippen molar-refractivity contribution in [3.63, 3.8) is 0 Å². The van der Waals surface area contributed by atoms with Crippen LogP contribution in [0.1, 0.15) is 5.56 Å². The number of carboxylic acid groups (broad SMARTS) is 1. The van der Waals surface area contributed by atoms with E-state index in [1.807, 2.05) is 0 Å². The molecule has 0 radical (unpaired) electrons. The monoisotopic (exact) mass is 259 g/mol. The van der Waals surface area contributed by atoms with Crippen LogP contribution >= 0.6 is 0 Å². The smallest absolute Gasteiger partial charge is 0.329 e. The van der Waals surface area contributed by atoms with Crippen LogP contribution in [0.3, 0.4) is 0 Å². The molecule has 1 rings (SSSR count). The van der Waals surface area contributed by atoms with Gasteiger partial charge in [0.15, 0.2) is 0 Å². The van der Waals surface area contributed by atoms with Gasteiger partial charge in [0.25, 0.3) is 0 Å². The summed E-state index contributed by atoms with van der Waals surface area (Å²) in [5.41, 5.74) is 0.128. The summed E-state index contributed by atoms with van der Waals surface area (Å²) >= 11 is 0. The quantitative estimate of drug-likeness (QED) is 0.787. The third-order valence-electron chi connectivity index (χ3n) is 1.95. The number of benzene rings is 1. The van der Waals surface area contributed by atoms with Crippen molar-refractivity contribution in [1.29, 1.82) is 0 Å². The lowest BCUT2D eigenvalue weighted by atomic mass is 10.2. The molecule has 0 bridgehead atoms. The molecular formula is C11H11F2NO4. The van der Waals surface area contributed by atoms with E-state index in [0.29, 0.717) is 6.07 Å². The molecule has 0 unspecified atom stereocenters. The van der Waals surface area contributed by atoms with Crippen molar-refractivity contribution in [1.82, 2.24) is 5.32 Å². The number of carbonyl (C=O) groups is 2. The topological polar surface area (TPSA) is 75.6 Å². The molecule has 0 saturated carbocycles. The Bertz CT molecular complexity index is 451. The first-order chi connectivity index (χ1) is 8.49. The van der Waals surface area contributed by atoms with Crippen molar-refractivity contribution in [2.24, 2.45) is 0 Å². The molecule has 7 heteroatoms. The van der Waals surface area contributed by atoms with Gasteiger partial charge >= 0.3 is 5.97 Å². The van der Waals surface area contributed by atoms with Crippen LogP contribution in [0.2, 0.25) is 0 Å². The number of ether oxygens (including phenoxy) is 1. The molecule has 1 amide bonds. The second-order valence-corrected chi connectivity index (χ2v) is 3.40. The summed E-state index contributed by atoms with van der Waals surface area (Å²) in [5, 5.41) is 10.6. The van der Waals surface area contributed by atoms with Gasteiger partial charge in [-0.3, -0.25) is 4.79 Å². The molecule has 1 aromatic rings. The number of hydrogen-bond donors (Lipinski definition) is 2. The Balaban J connectivity index is 2.36. The van der Waals surface area contributed by atoms with E-state index in [1.165, 1.54) is 6.07 Å². The largest absolute Gasteiger partial charge is 0.480 e. The molecule has 2 N–H and O–H groups in total. The molecule has 0 fully saturated rings. The lowest BCUT2D eigenvalue weighted by Crippen LogP contribution is -2.28. The van der Waals surface area contributed by atoms with Crippen molar-refractivity contribution in [2.45, 2.75) is 6.54 Å². The first-order valence-corrected chi connectivity index (χ1v) is 4.99. The van der Waals surface area contributed by atoms with Crippen LogP contribution in [0.15, 0.2) is 18.2 Å². The van der Waals surface area contributed by atoms with Gasteiger partial charge in [0.2, 0.25) is 5.91 Å². The highest BCUT2D eigenvalue weighted by Crippen LogP contribution is 2.08. The summed E-state index contributed by atoms with van der Waals surface area (Å²) in [4.78, 5) is 21.2. The minimum atomic E-state index is -1.19. The first-order valence-electron chi connectivity index (χ1n) is 4.99. The van der Waals surface area contributed by atoms with Gasteiger partial charge in [-0.25, -0.2) is 13.6 Å². The summed E-state index contributed by atoms with van der Waals surface area (Å²) in [6.45, 7) is -1.14. The van der Waals surface area contributed by atoms with E-state index >= 15 is 0 Å². The van der Waals surface area contributed by atoms with Crippen molar-refractivity contribution < 1.29 is 28.2 Å². The van der Waals surface area contributed by atoms with Crippen molar-refractivity contribution in [3.05, 3.63) is 35.4 Å². The van der Waals surface area contributed by atoms with Gasteiger partial charge in [-0.15, -0.1) is 0 Å². The third-order valence-corrected chi connectivity index (χ3v) is 1.95. The Morgan fingerprint density at radius 1 is 1.28 bits per heavy atom. The van der Waals surface area contributed by atoms with E-state index in [4.69, 9.17) is 5.11 Å². The zero-order chi connectivity index (χ0) is 13.5. The Hall–Kier alpha value is -2.02. The van der Waals surface area contributed by atoms with Crippen LogP contribution in [0.25, 0.3) is 0 Å².